The topological polar surface area (TPSA) is 78.7 Å². The molecule has 0 aliphatic heterocycles. The van der Waals surface area contributed by atoms with E-state index in [1.807, 2.05) is 6.07 Å². The molecule has 1 amide bonds. The molecule has 1 N–H and O–H groups in total. The minimum atomic E-state index is -0.526. The average Bonchev–Trinajstić information content (AvgIpc) is 2.41. The normalized spacial score (nSPS) is 9.90. The van der Waals surface area contributed by atoms with Crippen LogP contribution in [-0.4, -0.2) is 16.1 Å². The Kier molecular flexibility index (Phi) is 4.55. The molecule has 1 heterocycles. The molecular weight excluding hydrogens is 367 g/mol. The molecule has 0 radical (unpaired) electrons. The molecule has 0 spiro atoms. The van der Waals surface area contributed by atoms with Crippen LogP contribution < -0.4 is 5.32 Å². The van der Waals surface area contributed by atoms with Gasteiger partial charge in [-0.05, 0) is 24.3 Å². The van der Waals surface area contributed by atoms with Crippen LogP contribution in [0.1, 0.15) is 15.9 Å². The van der Waals surface area contributed by atoms with Crippen LogP contribution >= 0.6 is 39.1 Å². The number of rotatable bonds is 2. The fourth-order valence-corrected chi connectivity index (χ4v) is 2.11. The standard InChI is InChI=1S/C12H5BrCl2N4O/c13-7-2-1-6(5-16)9(3-7)17-12(20)8-4-10(14)18-19-11(8)15/h1-4H,(H,17,20). The van der Waals surface area contributed by atoms with Gasteiger partial charge in [-0.3, -0.25) is 4.79 Å². The number of nitriles is 1. The molecule has 0 bridgehead atoms. The molecule has 0 saturated heterocycles. The lowest BCUT2D eigenvalue weighted by atomic mass is 10.2. The maximum absolute atomic E-state index is 12.1. The van der Waals surface area contributed by atoms with Crippen molar-refractivity contribution in [2.24, 2.45) is 0 Å². The fourth-order valence-electron chi connectivity index (χ4n) is 1.42. The van der Waals surface area contributed by atoms with E-state index in [-0.39, 0.29) is 15.9 Å². The van der Waals surface area contributed by atoms with E-state index in [0.29, 0.717) is 11.3 Å². The Morgan fingerprint density at radius 3 is 2.75 bits per heavy atom. The Balaban J connectivity index is 2.35. The van der Waals surface area contributed by atoms with Gasteiger partial charge in [-0.25, -0.2) is 0 Å². The first-order valence-corrected chi connectivity index (χ1v) is 6.76. The molecule has 0 fully saturated rings. The van der Waals surface area contributed by atoms with Gasteiger partial charge in [0.2, 0.25) is 0 Å². The minimum absolute atomic E-state index is 0.0503. The molecule has 5 nitrogen and oxygen atoms in total. The van der Waals surface area contributed by atoms with E-state index in [2.05, 4.69) is 31.4 Å². The van der Waals surface area contributed by atoms with Crippen LogP contribution in [0.25, 0.3) is 0 Å². The third kappa shape index (κ3) is 3.25. The van der Waals surface area contributed by atoms with Crippen molar-refractivity contribution in [1.29, 1.82) is 5.26 Å². The number of hydrogen-bond donors (Lipinski definition) is 1. The van der Waals surface area contributed by atoms with E-state index >= 15 is 0 Å². The molecule has 0 unspecified atom stereocenters. The summed E-state index contributed by atoms with van der Waals surface area (Å²) in [5.41, 5.74) is 0.761. The highest BCUT2D eigenvalue weighted by atomic mass is 79.9. The van der Waals surface area contributed by atoms with Gasteiger partial charge in [0.05, 0.1) is 16.8 Å². The zero-order valence-corrected chi connectivity index (χ0v) is 12.8. The van der Waals surface area contributed by atoms with Crippen molar-refractivity contribution in [1.82, 2.24) is 10.2 Å². The molecule has 0 saturated carbocycles. The first-order chi connectivity index (χ1) is 9.51. The number of anilines is 1. The number of nitrogens with zero attached hydrogens (tertiary/aromatic N) is 3. The first kappa shape index (κ1) is 14.7. The fraction of sp³-hybridized carbons (Fsp3) is 0. The number of carbonyl (C=O) groups excluding carboxylic acids is 1. The van der Waals surface area contributed by atoms with Gasteiger partial charge < -0.3 is 5.32 Å². The van der Waals surface area contributed by atoms with Crippen LogP contribution in [0, 0.1) is 11.3 Å². The van der Waals surface area contributed by atoms with Crippen molar-refractivity contribution in [3.63, 3.8) is 0 Å². The Labute approximate surface area is 132 Å². The summed E-state index contributed by atoms with van der Waals surface area (Å²) in [7, 11) is 0. The molecule has 2 aromatic rings. The van der Waals surface area contributed by atoms with Crippen molar-refractivity contribution in [2.45, 2.75) is 0 Å². The van der Waals surface area contributed by atoms with Crippen molar-refractivity contribution in [3.05, 3.63) is 50.2 Å². The van der Waals surface area contributed by atoms with Crippen LogP contribution in [0.2, 0.25) is 10.3 Å². The van der Waals surface area contributed by atoms with Crippen LogP contribution in [0.3, 0.4) is 0 Å². The Morgan fingerprint density at radius 1 is 1.30 bits per heavy atom. The lowest BCUT2D eigenvalue weighted by molar-refractivity contribution is 0.102. The number of hydrogen-bond acceptors (Lipinski definition) is 4. The number of benzene rings is 1. The van der Waals surface area contributed by atoms with Crippen LogP contribution in [0.5, 0.6) is 0 Å². The van der Waals surface area contributed by atoms with Gasteiger partial charge in [0, 0.05) is 4.47 Å². The third-order valence-corrected chi connectivity index (χ3v) is 3.27. The predicted octanol–water partition coefficient (Wildman–Crippen LogP) is 3.67. The molecule has 0 aliphatic rings. The summed E-state index contributed by atoms with van der Waals surface area (Å²) < 4.78 is 0.726. The summed E-state index contributed by atoms with van der Waals surface area (Å²) in [6, 6.07) is 8.18. The van der Waals surface area contributed by atoms with E-state index in [9.17, 15) is 4.79 Å². The number of halogens is 3. The molecule has 0 aliphatic carbocycles. The Hall–Kier alpha value is -1.68. The van der Waals surface area contributed by atoms with E-state index in [4.69, 9.17) is 28.5 Å². The number of aromatic nitrogens is 2. The molecule has 20 heavy (non-hydrogen) atoms. The first-order valence-electron chi connectivity index (χ1n) is 5.21. The van der Waals surface area contributed by atoms with E-state index in [1.165, 1.54) is 6.07 Å². The molecule has 100 valence electrons. The average molecular weight is 372 g/mol. The largest absolute Gasteiger partial charge is 0.321 e. The summed E-state index contributed by atoms with van der Waals surface area (Å²) in [5, 5.41) is 18.6. The quantitative estimate of drug-likeness (QED) is 0.873. The van der Waals surface area contributed by atoms with Gasteiger partial charge in [-0.1, -0.05) is 39.1 Å². The smallest absolute Gasteiger partial charge is 0.259 e. The minimum Gasteiger partial charge on any atom is -0.321 e. The summed E-state index contributed by atoms with van der Waals surface area (Å²) in [6.07, 6.45) is 0. The number of carbonyl (C=O) groups is 1. The predicted molar refractivity (Wildman–Crippen MR) is 78.9 cm³/mol. The molecule has 1 aromatic carbocycles. The number of nitrogens with one attached hydrogen (secondary N) is 1. The van der Waals surface area contributed by atoms with Crippen molar-refractivity contribution in [2.75, 3.05) is 5.32 Å². The van der Waals surface area contributed by atoms with Crippen LogP contribution in [-0.2, 0) is 0 Å². The molecule has 8 heteroatoms. The second kappa shape index (κ2) is 6.18. The summed E-state index contributed by atoms with van der Waals surface area (Å²) in [5.74, 6) is -0.526. The van der Waals surface area contributed by atoms with Gasteiger partial charge in [-0.2, -0.15) is 5.26 Å². The van der Waals surface area contributed by atoms with Crippen molar-refractivity contribution >= 4 is 50.7 Å². The third-order valence-electron chi connectivity index (χ3n) is 2.31. The summed E-state index contributed by atoms with van der Waals surface area (Å²) in [4.78, 5) is 12.1. The van der Waals surface area contributed by atoms with Gasteiger partial charge in [0.1, 0.15) is 6.07 Å². The summed E-state index contributed by atoms with van der Waals surface area (Å²) >= 11 is 14.7. The monoisotopic (exact) mass is 370 g/mol. The van der Waals surface area contributed by atoms with Gasteiger partial charge >= 0.3 is 0 Å². The SMILES string of the molecule is N#Cc1ccc(Br)cc1NC(=O)c1cc(Cl)nnc1Cl. The lowest BCUT2D eigenvalue weighted by Gasteiger charge is -2.08. The van der Waals surface area contributed by atoms with Crippen LogP contribution in [0.4, 0.5) is 5.69 Å². The van der Waals surface area contributed by atoms with Gasteiger partial charge in [-0.15, -0.1) is 10.2 Å². The van der Waals surface area contributed by atoms with Gasteiger partial charge in [0.15, 0.2) is 10.3 Å². The zero-order chi connectivity index (χ0) is 14.7. The zero-order valence-electron chi connectivity index (χ0n) is 9.69. The molecule has 1 aromatic heterocycles. The second-order valence-corrected chi connectivity index (χ2v) is 5.29. The lowest BCUT2D eigenvalue weighted by Crippen LogP contribution is -2.14. The van der Waals surface area contributed by atoms with E-state index < -0.39 is 5.91 Å². The van der Waals surface area contributed by atoms with Crippen molar-refractivity contribution < 1.29 is 4.79 Å². The maximum atomic E-state index is 12.1. The van der Waals surface area contributed by atoms with E-state index in [1.54, 1.807) is 18.2 Å². The number of amides is 1. The Morgan fingerprint density at radius 2 is 2.05 bits per heavy atom. The molecule has 2 rings (SSSR count). The second-order valence-electron chi connectivity index (χ2n) is 3.63. The van der Waals surface area contributed by atoms with Crippen molar-refractivity contribution in [3.8, 4) is 6.07 Å². The summed E-state index contributed by atoms with van der Waals surface area (Å²) in [6.45, 7) is 0. The molecule has 0 atom stereocenters. The maximum Gasteiger partial charge on any atom is 0.259 e. The highest BCUT2D eigenvalue weighted by Crippen LogP contribution is 2.23. The van der Waals surface area contributed by atoms with E-state index in [0.717, 1.165) is 4.47 Å². The molecular formula is C12H5BrCl2N4O. The van der Waals surface area contributed by atoms with Crippen LogP contribution in [0.15, 0.2) is 28.7 Å². The van der Waals surface area contributed by atoms with Gasteiger partial charge in [0.25, 0.3) is 5.91 Å². The highest BCUT2D eigenvalue weighted by Gasteiger charge is 2.15. The highest BCUT2D eigenvalue weighted by molar-refractivity contribution is 9.10. The Bertz CT molecular complexity index is 730.